The molecular formula is C19H15NO3S2. The van der Waals surface area contributed by atoms with E-state index in [0.29, 0.717) is 21.5 Å². The third-order valence-electron chi connectivity index (χ3n) is 3.45. The van der Waals surface area contributed by atoms with Gasteiger partial charge in [-0.05, 0) is 48.0 Å². The Kier molecular flexibility index (Phi) is 5.21. The molecule has 0 spiro atoms. The minimum atomic E-state index is -0.173. The molecule has 1 heterocycles. The van der Waals surface area contributed by atoms with E-state index in [1.165, 1.54) is 28.8 Å². The van der Waals surface area contributed by atoms with E-state index in [1.54, 1.807) is 24.3 Å². The van der Waals surface area contributed by atoms with Gasteiger partial charge in [-0.25, -0.2) is 0 Å². The van der Waals surface area contributed by atoms with Crippen LogP contribution >= 0.6 is 24.0 Å². The third-order valence-corrected chi connectivity index (χ3v) is 4.75. The Morgan fingerprint density at radius 3 is 2.48 bits per heavy atom. The summed E-state index contributed by atoms with van der Waals surface area (Å²) in [6.45, 7) is 4.06. The Labute approximate surface area is 155 Å². The van der Waals surface area contributed by atoms with Crippen LogP contribution in [0.3, 0.4) is 0 Å². The number of anilines is 1. The molecule has 0 atom stereocenters. The highest BCUT2D eigenvalue weighted by Gasteiger charge is 2.33. The SMILES string of the molecule is C=CCOc1ccc(/C=C2/SC(=S)N(c3ccc(O)cc3)C2=O)cc1. The molecule has 0 unspecified atom stereocenters. The van der Waals surface area contributed by atoms with Gasteiger partial charge < -0.3 is 9.84 Å². The number of phenolic OH excluding ortho intramolecular Hbond substituents is 1. The highest BCUT2D eigenvalue weighted by molar-refractivity contribution is 8.27. The summed E-state index contributed by atoms with van der Waals surface area (Å²) in [6, 6.07) is 13.8. The Morgan fingerprint density at radius 1 is 1.16 bits per heavy atom. The summed E-state index contributed by atoms with van der Waals surface area (Å²) < 4.78 is 5.91. The smallest absolute Gasteiger partial charge is 0.270 e. The van der Waals surface area contributed by atoms with E-state index in [2.05, 4.69) is 6.58 Å². The van der Waals surface area contributed by atoms with Gasteiger partial charge in [0, 0.05) is 0 Å². The second-order valence-electron chi connectivity index (χ2n) is 5.20. The van der Waals surface area contributed by atoms with Crippen LogP contribution in [0.15, 0.2) is 66.1 Å². The number of carbonyl (C=O) groups is 1. The van der Waals surface area contributed by atoms with Crippen LogP contribution in [0.2, 0.25) is 0 Å². The second-order valence-corrected chi connectivity index (χ2v) is 6.88. The molecule has 0 saturated carbocycles. The lowest BCUT2D eigenvalue weighted by Crippen LogP contribution is -2.27. The standard InChI is InChI=1S/C19H15NO3S2/c1-2-11-23-16-9-3-13(4-10-16)12-17-18(22)20(19(24)25-17)14-5-7-15(21)8-6-14/h2-10,12,21H,1,11H2/b17-12+. The maximum absolute atomic E-state index is 12.7. The number of thioether (sulfide) groups is 1. The summed E-state index contributed by atoms with van der Waals surface area (Å²) in [7, 11) is 0. The molecule has 1 N–H and O–H groups in total. The van der Waals surface area contributed by atoms with E-state index in [4.69, 9.17) is 17.0 Å². The van der Waals surface area contributed by atoms with E-state index in [-0.39, 0.29) is 11.7 Å². The van der Waals surface area contributed by atoms with Crippen LogP contribution in [0, 0.1) is 0 Å². The minimum absolute atomic E-state index is 0.142. The van der Waals surface area contributed by atoms with Crippen molar-refractivity contribution < 1.29 is 14.6 Å². The molecule has 1 aliphatic rings. The average molecular weight is 369 g/mol. The number of phenols is 1. The molecule has 126 valence electrons. The van der Waals surface area contributed by atoms with E-state index >= 15 is 0 Å². The van der Waals surface area contributed by atoms with Crippen LogP contribution in [0.5, 0.6) is 11.5 Å². The highest BCUT2D eigenvalue weighted by Crippen LogP contribution is 2.36. The fourth-order valence-corrected chi connectivity index (χ4v) is 3.56. The molecule has 3 rings (SSSR count). The van der Waals surface area contributed by atoms with Crippen molar-refractivity contribution in [3.63, 3.8) is 0 Å². The van der Waals surface area contributed by atoms with Crippen LogP contribution < -0.4 is 9.64 Å². The maximum atomic E-state index is 12.7. The van der Waals surface area contributed by atoms with Gasteiger partial charge in [0.25, 0.3) is 5.91 Å². The molecule has 1 amide bonds. The van der Waals surface area contributed by atoms with E-state index < -0.39 is 0 Å². The van der Waals surface area contributed by atoms with Crippen molar-refractivity contribution in [2.24, 2.45) is 0 Å². The predicted molar refractivity (Wildman–Crippen MR) is 106 cm³/mol. The average Bonchev–Trinajstić information content (AvgIpc) is 2.89. The second kappa shape index (κ2) is 7.55. The van der Waals surface area contributed by atoms with Crippen LogP contribution in [-0.4, -0.2) is 21.9 Å². The summed E-state index contributed by atoms with van der Waals surface area (Å²) in [5, 5.41) is 9.39. The number of nitrogens with zero attached hydrogens (tertiary/aromatic N) is 1. The normalized spacial score (nSPS) is 15.7. The van der Waals surface area contributed by atoms with Gasteiger partial charge >= 0.3 is 0 Å². The molecule has 1 aliphatic heterocycles. The monoisotopic (exact) mass is 369 g/mol. The first-order valence-electron chi connectivity index (χ1n) is 7.49. The van der Waals surface area contributed by atoms with Crippen molar-refractivity contribution in [3.05, 3.63) is 71.7 Å². The number of benzene rings is 2. The number of hydrogen-bond donors (Lipinski definition) is 1. The van der Waals surface area contributed by atoms with Crippen molar-refractivity contribution in [1.82, 2.24) is 0 Å². The summed E-state index contributed by atoms with van der Waals surface area (Å²) in [5.74, 6) is 0.713. The van der Waals surface area contributed by atoms with Crippen molar-refractivity contribution in [1.29, 1.82) is 0 Å². The lowest BCUT2D eigenvalue weighted by Gasteiger charge is -2.14. The zero-order valence-corrected chi connectivity index (χ0v) is 14.8. The molecule has 0 bridgehead atoms. The van der Waals surface area contributed by atoms with Gasteiger partial charge in [-0.1, -0.05) is 48.8 Å². The van der Waals surface area contributed by atoms with Gasteiger partial charge in [0.05, 0.1) is 10.6 Å². The van der Waals surface area contributed by atoms with Crippen LogP contribution in [0.25, 0.3) is 6.08 Å². The summed E-state index contributed by atoms with van der Waals surface area (Å²) in [4.78, 5) is 14.7. The largest absolute Gasteiger partial charge is 0.508 e. The third kappa shape index (κ3) is 3.92. The van der Waals surface area contributed by atoms with Gasteiger partial charge in [-0.2, -0.15) is 0 Å². The lowest BCUT2D eigenvalue weighted by molar-refractivity contribution is -0.113. The number of aromatic hydroxyl groups is 1. The molecule has 0 radical (unpaired) electrons. The molecule has 6 heteroatoms. The maximum Gasteiger partial charge on any atom is 0.270 e. The number of rotatable bonds is 5. The van der Waals surface area contributed by atoms with Crippen molar-refractivity contribution in [2.75, 3.05) is 11.5 Å². The van der Waals surface area contributed by atoms with Crippen molar-refractivity contribution in [2.45, 2.75) is 0 Å². The zero-order chi connectivity index (χ0) is 17.8. The number of thiocarbonyl (C=S) groups is 1. The molecule has 1 saturated heterocycles. The molecule has 2 aromatic rings. The van der Waals surface area contributed by atoms with Gasteiger partial charge in [-0.15, -0.1) is 0 Å². The van der Waals surface area contributed by atoms with Crippen molar-refractivity contribution >= 4 is 46.0 Å². The minimum Gasteiger partial charge on any atom is -0.508 e. The Bertz CT molecular complexity index is 842. The Balaban J connectivity index is 1.80. The Morgan fingerprint density at radius 2 is 1.84 bits per heavy atom. The molecule has 4 nitrogen and oxygen atoms in total. The van der Waals surface area contributed by atoms with E-state index in [0.717, 1.165) is 11.3 Å². The summed E-state index contributed by atoms with van der Waals surface area (Å²) >= 11 is 6.59. The molecule has 0 aliphatic carbocycles. The fourth-order valence-electron chi connectivity index (χ4n) is 2.26. The highest BCUT2D eigenvalue weighted by atomic mass is 32.2. The van der Waals surface area contributed by atoms with Gasteiger partial charge in [0.1, 0.15) is 18.1 Å². The number of hydrogen-bond acceptors (Lipinski definition) is 5. The molecule has 1 fully saturated rings. The van der Waals surface area contributed by atoms with Crippen LogP contribution in [0.1, 0.15) is 5.56 Å². The Hall–Kier alpha value is -2.57. The first kappa shape index (κ1) is 17.3. The quantitative estimate of drug-likeness (QED) is 0.482. The van der Waals surface area contributed by atoms with E-state index in [9.17, 15) is 9.90 Å². The first-order valence-corrected chi connectivity index (χ1v) is 8.72. The topological polar surface area (TPSA) is 49.8 Å². The van der Waals surface area contributed by atoms with Crippen LogP contribution in [0.4, 0.5) is 5.69 Å². The van der Waals surface area contributed by atoms with Gasteiger partial charge in [-0.3, -0.25) is 9.69 Å². The number of amides is 1. The lowest BCUT2D eigenvalue weighted by atomic mass is 10.2. The van der Waals surface area contributed by atoms with E-state index in [1.807, 2.05) is 24.3 Å². The van der Waals surface area contributed by atoms with Crippen molar-refractivity contribution in [3.8, 4) is 11.5 Å². The summed E-state index contributed by atoms with van der Waals surface area (Å²) in [6.07, 6.45) is 3.49. The molecule has 2 aromatic carbocycles. The molecule has 0 aromatic heterocycles. The number of carbonyl (C=O) groups excluding carboxylic acids is 1. The molecule has 25 heavy (non-hydrogen) atoms. The van der Waals surface area contributed by atoms with Gasteiger partial charge in [0.15, 0.2) is 4.32 Å². The first-order chi connectivity index (χ1) is 12.1. The summed E-state index contributed by atoms with van der Waals surface area (Å²) in [5.41, 5.74) is 1.52. The predicted octanol–water partition coefficient (Wildman–Crippen LogP) is 4.36. The van der Waals surface area contributed by atoms with Gasteiger partial charge in [0.2, 0.25) is 0 Å². The molecular weight excluding hydrogens is 354 g/mol. The van der Waals surface area contributed by atoms with Crippen LogP contribution in [-0.2, 0) is 4.79 Å². The zero-order valence-electron chi connectivity index (χ0n) is 13.2. The fraction of sp³-hybridized carbons (Fsp3) is 0.0526. The number of ether oxygens (including phenoxy) is 1.